The first-order chi connectivity index (χ1) is 7.17. The molecule has 0 bridgehead atoms. The van der Waals surface area contributed by atoms with Gasteiger partial charge in [-0.1, -0.05) is 19.1 Å². The van der Waals surface area contributed by atoms with Crippen molar-refractivity contribution in [2.24, 2.45) is 0 Å². The number of anilines is 1. The summed E-state index contributed by atoms with van der Waals surface area (Å²) >= 11 is 1.75. The Bertz CT molecular complexity index is 351. The van der Waals surface area contributed by atoms with Gasteiger partial charge in [-0.25, -0.2) is 0 Å². The van der Waals surface area contributed by atoms with Crippen molar-refractivity contribution in [1.82, 2.24) is 0 Å². The second-order valence-electron chi connectivity index (χ2n) is 3.71. The Morgan fingerprint density at radius 2 is 2.07 bits per heavy atom. The van der Waals surface area contributed by atoms with Crippen LogP contribution in [0.5, 0.6) is 0 Å². The van der Waals surface area contributed by atoms with Gasteiger partial charge in [0.1, 0.15) is 0 Å². The van der Waals surface area contributed by atoms with E-state index in [0.29, 0.717) is 0 Å². The van der Waals surface area contributed by atoms with Crippen molar-refractivity contribution in [3.05, 3.63) is 40.4 Å². The fourth-order valence-corrected chi connectivity index (χ4v) is 2.01. The van der Waals surface area contributed by atoms with Crippen LogP contribution >= 0.6 is 11.8 Å². The molecule has 1 rings (SSSR count). The van der Waals surface area contributed by atoms with Gasteiger partial charge in [-0.3, -0.25) is 0 Å². The lowest BCUT2D eigenvalue weighted by atomic mass is 10.1. The molecule has 1 N–H and O–H groups in total. The third kappa shape index (κ3) is 3.63. The van der Waals surface area contributed by atoms with Gasteiger partial charge < -0.3 is 5.32 Å². The summed E-state index contributed by atoms with van der Waals surface area (Å²) in [6.45, 7) is 6.43. The molecule has 0 heterocycles. The molecule has 0 aliphatic carbocycles. The van der Waals surface area contributed by atoms with Gasteiger partial charge in [0.15, 0.2) is 0 Å². The standard InChI is InChI=1S/C13H19NS/c1-5-11-7-6-8-12(9-11)14-13(15-4)10(2)3/h6-9,14H,5H2,1-4H3. The fraction of sp³-hybridized carbons (Fsp3) is 0.385. The number of rotatable bonds is 4. The number of benzene rings is 1. The van der Waals surface area contributed by atoms with Gasteiger partial charge in [0.2, 0.25) is 0 Å². The average molecular weight is 221 g/mol. The van der Waals surface area contributed by atoms with Gasteiger partial charge >= 0.3 is 0 Å². The molecule has 0 atom stereocenters. The fourth-order valence-electron chi connectivity index (χ4n) is 1.38. The van der Waals surface area contributed by atoms with Crippen molar-refractivity contribution in [1.29, 1.82) is 0 Å². The molecule has 82 valence electrons. The van der Waals surface area contributed by atoms with Crippen LogP contribution in [0, 0.1) is 0 Å². The molecule has 0 aliphatic rings. The smallest absolute Gasteiger partial charge is 0.0709 e. The molecular formula is C13H19NS. The maximum atomic E-state index is 3.45. The minimum atomic E-state index is 1.08. The maximum Gasteiger partial charge on any atom is 0.0709 e. The first-order valence-electron chi connectivity index (χ1n) is 5.24. The van der Waals surface area contributed by atoms with Crippen molar-refractivity contribution in [3.8, 4) is 0 Å². The van der Waals surface area contributed by atoms with Crippen LogP contribution in [0.4, 0.5) is 5.69 Å². The van der Waals surface area contributed by atoms with E-state index in [-0.39, 0.29) is 0 Å². The van der Waals surface area contributed by atoms with Gasteiger partial charge in [0.25, 0.3) is 0 Å². The lowest BCUT2D eigenvalue weighted by molar-refractivity contribution is 1.14. The van der Waals surface area contributed by atoms with Crippen LogP contribution in [0.15, 0.2) is 34.9 Å². The number of hydrogen-bond acceptors (Lipinski definition) is 2. The zero-order valence-corrected chi connectivity index (χ0v) is 10.7. The molecule has 0 aromatic heterocycles. The highest BCUT2D eigenvalue weighted by Crippen LogP contribution is 2.21. The van der Waals surface area contributed by atoms with E-state index in [1.165, 1.54) is 21.9 Å². The summed E-state index contributed by atoms with van der Waals surface area (Å²) in [7, 11) is 0. The predicted octanol–water partition coefficient (Wildman–Crippen LogP) is 4.28. The van der Waals surface area contributed by atoms with E-state index in [0.717, 1.165) is 6.42 Å². The summed E-state index contributed by atoms with van der Waals surface area (Å²) in [6.07, 6.45) is 3.18. The van der Waals surface area contributed by atoms with Crippen molar-refractivity contribution in [2.45, 2.75) is 27.2 Å². The van der Waals surface area contributed by atoms with Crippen molar-refractivity contribution < 1.29 is 0 Å². The van der Waals surface area contributed by atoms with Crippen LogP contribution in [0.2, 0.25) is 0 Å². The van der Waals surface area contributed by atoms with Gasteiger partial charge in [0, 0.05) is 5.69 Å². The molecule has 0 spiro atoms. The highest BCUT2D eigenvalue weighted by Gasteiger charge is 1.99. The minimum absolute atomic E-state index is 1.08. The predicted molar refractivity (Wildman–Crippen MR) is 71.3 cm³/mol. The molecule has 0 saturated carbocycles. The van der Waals surface area contributed by atoms with Gasteiger partial charge in [-0.2, -0.15) is 0 Å². The maximum absolute atomic E-state index is 3.45. The van der Waals surface area contributed by atoms with Crippen LogP contribution in [-0.2, 0) is 6.42 Å². The van der Waals surface area contributed by atoms with E-state index >= 15 is 0 Å². The number of thioether (sulfide) groups is 1. The Morgan fingerprint density at radius 3 is 2.60 bits per heavy atom. The summed E-state index contributed by atoms with van der Waals surface area (Å²) in [5.74, 6) is 0. The number of nitrogens with one attached hydrogen (secondary N) is 1. The largest absolute Gasteiger partial charge is 0.350 e. The van der Waals surface area contributed by atoms with Crippen LogP contribution < -0.4 is 5.32 Å². The Kier molecular flexibility index (Phi) is 4.76. The quantitative estimate of drug-likeness (QED) is 0.814. The lowest BCUT2D eigenvalue weighted by Gasteiger charge is -2.11. The molecule has 0 fully saturated rings. The Hall–Kier alpha value is -0.890. The third-order valence-corrected chi connectivity index (χ3v) is 3.17. The first-order valence-corrected chi connectivity index (χ1v) is 6.47. The summed E-state index contributed by atoms with van der Waals surface area (Å²) < 4.78 is 0. The minimum Gasteiger partial charge on any atom is -0.350 e. The molecule has 0 saturated heterocycles. The SMILES string of the molecule is CCc1cccc(NC(SC)=C(C)C)c1. The van der Waals surface area contributed by atoms with Crippen LogP contribution in [-0.4, -0.2) is 6.26 Å². The normalized spacial score (nSPS) is 9.87. The monoisotopic (exact) mass is 221 g/mol. The molecule has 0 amide bonds. The molecule has 1 nitrogen and oxygen atoms in total. The summed E-state index contributed by atoms with van der Waals surface area (Å²) in [4.78, 5) is 0. The van der Waals surface area contributed by atoms with E-state index in [2.05, 4.69) is 56.6 Å². The Balaban J connectivity index is 2.84. The molecule has 2 heteroatoms. The molecular weight excluding hydrogens is 202 g/mol. The number of hydrogen-bond donors (Lipinski definition) is 1. The van der Waals surface area contributed by atoms with Crippen LogP contribution in [0.1, 0.15) is 26.3 Å². The molecule has 0 radical (unpaired) electrons. The van der Waals surface area contributed by atoms with Crippen LogP contribution in [0.3, 0.4) is 0 Å². The third-order valence-electron chi connectivity index (χ3n) is 2.25. The second-order valence-corrected chi connectivity index (χ2v) is 4.53. The van der Waals surface area contributed by atoms with Gasteiger partial charge in [0.05, 0.1) is 5.03 Å². The summed E-state index contributed by atoms with van der Waals surface area (Å²) in [5, 5.41) is 4.68. The summed E-state index contributed by atoms with van der Waals surface area (Å²) in [6, 6.07) is 8.58. The van der Waals surface area contributed by atoms with Crippen molar-refractivity contribution >= 4 is 17.4 Å². The number of allylic oxidation sites excluding steroid dienone is 1. The molecule has 1 aromatic carbocycles. The lowest BCUT2D eigenvalue weighted by Crippen LogP contribution is -1.98. The van der Waals surface area contributed by atoms with Crippen molar-refractivity contribution in [2.75, 3.05) is 11.6 Å². The van der Waals surface area contributed by atoms with E-state index < -0.39 is 0 Å². The van der Waals surface area contributed by atoms with E-state index in [1.54, 1.807) is 11.8 Å². The zero-order valence-electron chi connectivity index (χ0n) is 9.92. The highest BCUT2D eigenvalue weighted by atomic mass is 32.2. The molecule has 0 unspecified atom stereocenters. The van der Waals surface area contributed by atoms with E-state index in [9.17, 15) is 0 Å². The zero-order chi connectivity index (χ0) is 11.3. The van der Waals surface area contributed by atoms with Gasteiger partial charge in [-0.05, 0) is 49.8 Å². The Labute approximate surface area is 97.0 Å². The number of aryl methyl sites for hydroxylation is 1. The van der Waals surface area contributed by atoms with E-state index in [4.69, 9.17) is 0 Å². The molecule has 15 heavy (non-hydrogen) atoms. The Morgan fingerprint density at radius 1 is 1.33 bits per heavy atom. The first kappa shape index (κ1) is 12.2. The molecule has 0 aliphatic heterocycles. The second kappa shape index (κ2) is 5.86. The summed E-state index contributed by atoms with van der Waals surface area (Å²) in [5.41, 5.74) is 3.87. The van der Waals surface area contributed by atoms with E-state index in [1.807, 2.05) is 0 Å². The average Bonchev–Trinajstić information content (AvgIpc) is 2.25. The van der Waals surface area contributed by atoms with Crippen molar-refractivity contribution in [3.63, 3.8) is 0 Å². The molecule has 1 aromatic rings. The highest BCUT2D eigenvalue weighted by molar-refractivity contribution is 8.02. The van der Waals surface area contributed by atoms with Crippen LogP contribution in [0.25, 0.3) is 0 Å². The topological polar surface area (TPSA) is 12.0 Å². The van der Waals surface area contributed by atoms with Gasteiger partial charge in [-0.15, -0.1) is 11.8 Å².